The Balaban J connectivity index is 2.61. The van der Waals surface area contributed by atoms with Gasteiger partial charge in [0.15, 0.2) is 0 Å². The van der Waals surface area contributed by atoms with Gasteiger partial charge in [0.25, 0.3) is 0 Å². The van der Waals surface area contributed by atoms with Crippen LogP contribution in [0.5, 0.6) is 0 Å². The molecular formula is C10H19N5O. The first-order chi connectivity index (χ1) is 7.65. The first kappa shape index (κ1) is 12.7. The van der Waals surface area contributed by atoms with Crippen molar-refractivity contribution in [3.63, 3.8) is 0 Å². The number of rotatable bonds is 6. The molecule has 6 heteroatoms. The normalized spacial score (nSPS) is 12.2. The summed E-state index contributed by atoms with van der Waals surface area (Å²) in [6, 6.07) is 2.07. The van der Waals surface area contributed by atoms with E-state index < -0.39 is 0 Å². The lowest BCUT2D eigenvalue weighted by Crippen LogP contribution is -2.19. The van der Waals surface area contributed by atoms with Gasteiger partial charge < -0.3 is 15.5 Å². The molecule has 0 amide bonds. The van der Waals surface area contributed by atoms with E-state index >= 15 is 0 Å². The summed E-state index contributed by atoms with van der Waals surface area (Å²) in [4.78, 5) is 8.38. The molecule has 4 N–H and O–H groups in total. The average Bonchev–Trinajstić information content (AvgIpc) is 2.25. The molecule has 0 aliphatic heterocycles. The summed E-state index contributed by atoms with van der Waals surface area (Å²) in [6.07, 6.45) is 0.922. The van der Waals surface area contributed by atoms with Gasteiger partial charge in [0.2, 0.25) is 0 Å². The zero-order chi connectivity index (χ0) is 12.0. The number of nitrogens with zero attached hydrogens (tertiary/aromatic N) is 2. The van der Waals surface area contributed by atoms with Crippen LogP contribution in [0.15, 0.2) is 6.07 Å². The van der Waals surface area contributed by atoms with Crippen LogP contribution in [0, 0.1) is 6.92 Å². The van der Waals surface area contributed by atoms with Gasteiger partial charge in [-0.05, 0) is 20.3 Å². The first-order valence-corrected chi connectivity index (χ1v) is 5.23. The van der Waals surface area contributed by atoms with Gasteiger partial charge in [-0.1, -0.05) is 0 Å². The number of hydrogen-bond acceptors (Lipinski definition) is 6. The molecule has 0 radical (unpaired) electrons. The van der Waals surface area contributed by atoms with Crippen LogP contribution in [0.3, 0.4) is 0 Å². The van der Waals surface area contributed by atoms with Crippen LogP contribution in [-0.4, -0.2) is 29.7 Å². The first-order valence-electron chi connectivity index (χ1n) is 5.23. The summed E-state index contributed by atoms with van der Waals surface area (Å²) >= 11 is 0. The predicted octanol–water partition coefficient (Wildman–Crippen LogP) is 0.908. The molecule has 0 aromatic carbocycles. The van der Waals surface area contributed by atoms with Crippen molar-refractivity contribution in [1.29, 1.82) is 0 Å². The van der Waals surface area contributed by atoms with Gasteiger partial charge in [-0.15, -0.1) is 0 Å². The number of hydrogen-bond donors (Lipinski definition) is 3. The van der Waals surface area contributed by atoms with Gasteiger partial charge in [0, 0.05) is 25.8 Å². The van der Waals surface area contributed by atoms with Crippen molar-refractivity contribution in [2.45, 2.75) is 26.3 Å². The third kappa shape index (κ3) is 4.00. The molecule has 0 spiro atoms. The zero-order valence-corrected chi connectivity index (χ0v) is 9.95. The van der Waals surface area contributed by atoms with Gasteiger partial charge >= 0.3 is 0 Å². The topological polar surface area (TPSA) is 85.1 Å². The number of nitrogen functional groups attached to an aromatic ring is 1. The molecule has 1 rings (SSSR count). The van der Waals surface area contributed by atoms with Crippen molar-refractivity contribution in [1.82, 2.24) is 9.97 Å². The molecule has 16 heavy (non-hydrogen) atoms. The van der Waals surface area contributed by atoms with Crippen molar-refractivity contribution in [3.05, 3.63) is 11.9 Å². The Morgan fingerprint density at radius 1 is 1.44 bits per heavy atom. The fraction of sp³-hybridized carbons (Fsp3) is 0.600. The van der Waals surface area contributed by atoms with Crippen LogP contribution in [0.25, 0.3) is 0 Å². The molecule has 1 aromatic heterocycles. The van der Waals surface area contributed by atoms with E-state index in [4.69, 9.17) is 10.6 Å². The highest BCUT2D eigenvalue weighted by Crippen LogP contribution is 2.11. The SMILES string of the molecule is COCCC(C)Nc1cc(NN)nc(C)n1. The van der Waals surface area contributed by atoms with Gasteiger partial charge in [0.1, 0.15) is 17.5 Å². The van der Waals surface area contributed by atoms with Crippen molar-refractivity contribution >= 4 is 11.6 Å². The maximum Gasteiger partial charge on any atom is 0.145 e. The number of methoxy groups -OCH3 is 1. The molecule has 1 heterocycles. The predicted molar refractivity (Wildman–Crippen MR) is 64.2 cm³/mol. The van der Waals surface area contributed by atoms with E-state index in [1.807, 2.05) is 6.92 Å². The van der Waals surface area contributed by atoms with Crippen LogP contribution >= 0.6 is 0 Å². The van der Waals surface area contributed by atoms with Crippen LogP contribution in [0.4, 0.5) is 11.6 Å². The van der Waals surface area contributed by atoms with E-state index in [-0.39, 0.29) is 0 Å². The molecule has 0 aliphatic carbocycles. The second-order valence-electron chi connectivity index (χ2n) is 3.66. The monoisotopic (exact) mass is 225 g/mol. The minimum atomic E-state index is 0.292. The number of aromatic nitrogens is 2. The van der Waals surface area contributed by atoms with E-state index in [2.05, 4.69) is 27.6 Å². The van der Waals surface area contributed by atoms with Gasteiger partial charge in [-0.25, -0.2) is 15.8 Å². The van der Waals surface area contributed by atoms with Crippen LogP contribution in [0.1, 0.15) is 19.2 Å². The lowest BCUT2D eigenvalue weighted by Gasteiger charge is -2.14. The van der Waals surface area contributed by atoms with Gasteiger partial charge in [0.05, 0.1) is 0 Å². The van der Waals surface area contributed by atoms with Gasteiger partial charge in [-0.3, -0.25) is 0 Å². The average molecular weight is 225 g/mol. The fourth-order valence-electron chi connectivity index (χ4n) is 1.33. The largest absolute Gasteiger partial charge is 0.385 e. The number of hydrazine groups is 1. The van der Waals surface area contributed by atoms with E-state index in [0.717, 1.165) is 18.8 Å². The summed E-state index contributed by atoms with van der Waals surface area (Å²) in [5.74, 6) is 7.36. The summed E-state index contributed by atoms with van der Waals surface area (Å²) in [5, 5.41) is 3.27. The van der Waals surface area contributed by atoms with Crippen LogP contribution < -0.4 is 16.6 Å². The Morgan fingerprint density at radius 3 is 2.75 bits per heavy atom. The highest BCUT2D eigenvalue weighted by atomic mass is 16.5. The highest BCUT2D eigenvalue weighted by Gasteiger charge is 2.05. The maximum atomic E-state index is 5.31. The molecule has 1 atom stereocenters. The summed E-state index contributed by atoms with van der Waals surface area (Å²) in [5.41, 5.74) is 2.51. The third-order valence-corrected chi connectivity index (χ3v) is 2.14. The summed E-state index contributed by atoms with van der Waals surface area (Å²) in [7, 11) is 1.69. The molecule has 0 saturated carbocycles. The molecule has 1 aromatic rings. The van der Waals surface area contributed by atoms with E-state index in [1.54, 1.807) is 13.2 Å². The number of nitrogens with two attached hydrogens (primary N) is 1. The van der Waals surface area contributed by atoms with Crippen molar-refractivity contribution in [2.24, 2.45) is 5.84 Å². The number of nitrogens with one attached hydrogen (secondary N) is 2. The summed E-state index contributed by atoms with van der Waals surface area (Å²) in [6.45, 7) is 4.62. The number of aryl methyl sites for hydroxylation is 1. The number of anilines is 2. The Labute approximate surface area is 95.6 Å². The maximum absolute atomic E-state index is 5.31. The Morgan fingerprint density at radius 2 is 2.12 bits per heavy atom. The lowest BCUT2D eigenvalue weighted by atomic mass is 10.2. The minimum Gasteiger partial charge on any atom is -0.385 e. The van der Waals surface area contributed by atoms with Crippen molar-refractivity contribution < 1.29 is 4.74 Å². The standard InChI is InChI=1S/C10H19N5O/c1-7(4-5-16-3)12-9-6-10(15-11)14-8(2)13-9/h6-7H,4-5,11H2,1-3H3,(H2,12,13,14,15). The Bertz CT molecular complexity index is 331. The van der Waals surface area contributed by atoms with E-state index in [1.165, 1.54) is 0 Å². The molecule has 0 bridgehead atoms. The number of ether oxygens (including phenoxy) is 1. The Kier molecular flexibility index (Phi) is 4.94. The second kappa shape index (κ2) is 6.24. The highest BCUT2D eigenvalue weighted by molar-refractivity contribution is 5.47. The minimum absolute atomic E-state index is 0.292. The van der Waals surface area contributed by atoms with Crippen molar-refractivity contribution in [3.8, 4) is 0 Å². The smallest absolute Gasteiger partial charge is 0.145 e. The second-order valence-corrected chi connectivity index (χ2v) is 3.66. The zero-order valence-electron chi connectivity index (χ0n) is 9.95. The molecule has 6 nitrogen and oxygen atoms in total. The summed E-state index contributed by atoms with van der Waals surface area (Å²) < 4.78 is 5.01. The van der Waals surface area contributed by atoms with Crippen LogP contribution in [0.2, 0.25) is 0 Å². The molecule has 0 aliphatic rings. The molecule has 0 fully saturated rings. The molecular weight excluding hydrogens is 206 g/mol. The quantitative estimate of drug-likeness (QED) is 0.493. The van der Waals surface area contributed by atoms with Gasteiger partial charge in [-0.2, -0.15) is 0 Å². The van der Waals surface area contributed by atoms with Crippen molar-refractivity contribution in [2.75, 3.05) is 24.5 Å². The Hall–Kier alpha value is -1.40. The lowest BCUT2D eigenvalue weighted by molar-refractivity contribution is 0.191. The molecule has 0 saturated heterocycles. The van der Waals surface area contributed by atoms with Crippen LogP contribution in [-0.2, 0) is 4.74 Å². The fourth-order valence-corrected chi connectivity index (χ4v) is 1.33. The third-order valence-electron chi connectivity index (χ3n) is 2.14. The van der Waals surface area contributed by atoms with E-state index in [9.17, 15) is 0 Å². The molecule has 1 unspecified atom stereocenters. The van der Waals surface area contributed by atoms with E-state index in [0.29, 0.717) is 17.7 Å². The molecule has 90 valence electrons.